The van der Waals surface area contributed by atoms with Gasteiger partial charge in [-0.3, -0.25) is 4.79 Å². The predicted octanol–water partition coefficient (Wildman–Crippen LogP) is 2.71. The number of amides is 1. The van der Waals surface area contributed by atoms with Gasteiger partial charge in [-0.25, -0.2) is 8.42 Å². The Morgan fingerprint density at radius 2 is 1.80 bits per heavy atom. The van der Waals surface area contributed by atoms with Crippen LogP contribution in [0.1, 0.15) is 50.7 Å². The molecule has 2 rings (SSSR count). The lowest BCUT2D eigenvalue weighted by Crippen LogP contribution is -2.41. The van der Waals surface area contributed by atoms with Crippen LogP contribution in [0.3, 0.4) is 0 Å². The lowest BCUT2D eigenvalue weighted by atomic mass is 9.97. The Hall–Kier alpha value is -1.40. The average molecular weight is 367 g/mol. The minimum atomic E-state index is -3.35. The highest BCUT2D eigenvalue weighted by molar-refractivity contribution is 7.89. The maximum Gasteiger partial charge on any atom is 0.223 e. The van der Waals surface area contributed by atoms with Crippen LogP contribution < -0.4 is 5.32 Å². The van der Waals surface area contributed by atoms with E-state index in [1.165, 1.54) is 9.87 Å². The zero-order chi connectivity index (χ0) is 18.3. The van der Waals surface area contributed by atoms with Gasteiger partial charge in [0.05, 0.1) is 5.75 Å². The topological polar surface area (TPSA) is 66.5 Å². The third kappa shape index (κ3) is 5.54. The highest BCUT2D eigenvalue weighted by atomic mass is 32.2. The van der Waals surface area contributed by atoms with Crippen LogP contribution in [0.15, 0.2) is 24.3 Å². The summed E-state index contributed by atoms with van der Waals surface area (Å²) in [7, 11) is -3.35. The van der Waals surface area contributed by atoms with Gasteiger partial charge in [-0.2, -0.15) is 4.31 Å². The van der Waals surface area contributed by atoms with E-state index in [9.17, 15) is 13.2 Å². The van der Waals surface area contributed by atoms with E-state index in [1.807, 2.05) is 18.2 Å². The number of carbonyl (C=O) groups excluding carboxylic acids is 1. The van der Waals surface area contributed by atoms with Crippen LogP contribution in [0, 0.1) is 5.92 Å². The van der Waals surface area contributed by atoms with Crippen LogP contribution in [0.5, 0.6) is 0 Å². The summed E-state index contributed by atoms with van der Waals surface area (Å²) in [5, 5.41) is 2.82. The summed E-state index contributed by atoms with van der Waals surface area (Å²) in [6.07, 6.45) is 4.38. The molecule has 0 fully saturated rings. The second-order valence-electron chi connectivity index (χ2n) is 6.73. The number of sulfonamides is 1. The average Bonchev–Trinajstić information content (AvgIpc) is 2.61. The number of nitrogens with one attached hydrogen (secondary N) is 1. The molecule has 0 unspecified atom stereocenters. The van der Waals surface area contributed by atoms with Gasteiger partial charge >= 0.3 is 0 Å². The maximum atomic E-state index is 12.6. The smallest absolute Gasteiger partial charge is 0.223 e. The molecule has 1 aromatic carbocycles. The molecule has 6 heteroatoms. The molecule has 0 aromatic heterocycles. The molecule has 0 saturated heterocycles. The largest absolute Gasteiger partial charge is 0.355 e. The van der Waals surface area contributed by atoms with Gasteiger partial charge in [-0.15, -0.1) is 0 Å². The van der Waals surface area contributed by atoms with E-state index in [0.717, 1.165) is 37.7 Å². The van der Waals surface area contributed by atoms with Crippen molar-refractivity contribution in [3.05, 3.63) is 35.4 Å². The molecule has 0 spiro atoms. The number of nitrogens with zero attached hydrogens (tertiary/aromatic N) is 1. The van der Waals surface area contributed by atoms with Crippen molar-refractivity contribution in [3.8, 4) is 0 Å². The van der Waals surface area contributed by atoms with Crippen molar-refractivity contribution in [2.24, 2.45) is 5.92 Å². The van der Waals surface area contributed by atoms with Crippen molar-refractivity contribution in [1.82, 2.24) is 9.62 Å². The van der Waals surface area contributed by atoms with Gasteiger partial charge in [-0.05, 0) is 30.4 Å². The number of rotatable bonds is 9. The SMILES string of the molecule is CCCC(CCC)C(=O)NCCS(=O)(=O)N1CCc2ccccc2C1. The fourth-order valence-corrected chi connectivity index (χ4v) is 4.71. The zero-order valence-electron chi connectivity index (χ0n) is 15.3. The molecule has 1 heterocycles. The summed E-state index contributed by atoms with van der Waals surface area (Å²) in [4.78, 5) is 12.2. The number of benzene rings is 1. The van der Waals surface area contributed by atoms with Gasteiger partial charge in [0.25, 0.3) is 0 Å². The van der Waals surface area contributed by atoms with Crippen LogP contribution in [0.25, 0.3) is 0 Å². The Balaban J connectivity index is 1.86. The standard InChI is InChI=1S/C19H30N2O3S/c1-3-7-17(8-4-2)19(22)20-12-14-25(23,24)21-13-11-16-9-5-6-10-18(16)15-21/h5-6,9-10,17H,3-4,7-8,11-15H2,1-2H3,(H,20,22). The normalized spacial score (nSPS) is 15.2. The highest BCUT2D eigenvalue weighted by Crippen LogP contribution is 2.21. The molecule has 140 valence electrons. The summed E-state index contributed by atoms with van der Waals surface area (Å²) >= 11 is 0. The molecule has 0 radical (unpaired) electrons. The van der Waals surface area contributed by atoms with E-state index in [4.69, 9.17) is 0 Å². The molecule has 1 aliphatic heterocycles. The van der Waals surface area contributed by atoms with Gasteiger partial charge in [0, 0.05) is 25.6 Å². The summed E-state index contributed by atoms with van der Waals surface area (Å²) in [6, 6.07) is 7.97. The lowest BCUT2D eigenvalue weighted by Gasteiger charge is -2.28. The molecule has 0 atom stereocenters. The molecule has 0 saturated carbocycles. The van der Waals surface area contributed by atoms with E-state index >= 15 is 0 Å². The summed E-state index contributed by atoms with van der Waals surface area (Å²) in [6.45, 7) is 5.26. The van der Waals surface area contributed by atoms with Gasteiger partial charge in [-0.1, -0.05) is 51.0 Å². The van der Waals surface area contributed by atoms with Crippen molar-refractivity contribution < 1.29 is 13.2 Å². The van der Waals surface area contributed by atoms with Gasteiger partial charge in [0.1, 0.15) is 0 Å². The molecule has 1 N–H and O–H groups in total. The third-order valence-electron chi connectivity index (χ3n) is 4.79. The molecule has 0 bridgehead atoms. The van der Waals surface area contributed by atoms with E-state index in [2.05, 4.69) is 25.2 Å². The Morgan fingerprint density at radius 3 is 2.44 bits per heavy atom. The molecular weight excluding hydrogens is 336 g/mol. The minimum absolute atomic E-state index is 0.000400. The van der Waals surface area contributed by atoms with E-state index in [1.54, 1.807) is 0 Å². The molecule has 5 nitrogen and oxygen atoms in total. The minimum Gasteiger partial charge on any atom is -0.355 e. The van der Waals surface area contributed by atoms with E-state index in [0.29, 0.717) is 13.1 Å². The first-order valence-corrected chi connectivity index (χ1v) is 10.9. The Labute approximate surface area is 151 Å². The van der Waals surface area contributed by atoms with Crippen LogP contribution in [0.4, 0.5) is 0 Å². The number of hydrogen-bond acceptors (Lipinski definition) is 3. The fraction of sp³-hybridized carbons (Fsp3) is 0.632. The lowest BCUT2D eigenvalue weighted by molar-refractivity contribution is -0.125. The van der Waals surface area contributed by atoms with Crippen molar-refractivity contribution >= 4 is 15.9 Å². The molecular formula is C19H30N2O3S. The van der Waals surface area contributed by atoms with Gasteiger partial charge in [0.15, 0.2) is 0 Å². The Morgan fingerprint density at radius 1 is 1.16 bits per heavy atom. The molecule has 25 heavy (non-hydrogen) atoms. The van der Waals surface area contributed by atoms with Crippen LogP contribution >= 0.6 is 0 Å². The quantitative estimate of drug-likeness (QED) is 0.731. The second-order valence-corrected chi connectivity index (χ2v) is 8.82. The molecule has 0 aliphatic carbocycles. The first-order chi connectivity index (χ1) is 12.0. The van der Waals surface area contributed by atoms with Crippen molar-refractivity contribution in [3.63, 3.8) is 0 Å². The highest BCUT2D eigenvalue weighted by Gasteiger charge is 2.26. The fourth-order valence-electron chi connectivity index (χ4n) is 3.39. The summed E-state index contributed by atoms with van der Waals surface area (Å²) in [5.41, 5.74) is 2.30. The van der Waals surface area contributed by atoms with E-state index in [-0.39, 0.29) is 24.1 Å². The number of hydrogen-bond donors (Lipinski definition) is 1. The molecule has 1 aliphatic rings. The Bertz CT molecular complexity index is 667. The molecule has 1 amide bonds. The Kier molecular flexibility index (Phi) is 7.44. The predicted molar refractivity (Wildman–Crippen MR) is 101 cm³/mol. The van der Waals surface area contributed by atoms with Crippen molar-refractivity contribution in [1.29, 1.82) is 0 Å². The number of carbonyl (C=O) groups is 1. The van der Waals surface area contributed by atoms with Crippen LogP contribution in [-0.4, -0.2) is 37.5 Å². The number of fused-ring (bicyclic) bond motifs is 1. The first-order valence-electron chi connectivity index (χ1n) is 9.30. The summed E-state index contributed by atoms with van der Waals surface area (Å²) < 4.78 is 26.7. The van der Waals surface area contributed by atoms with Crippen LogP contribution in [0.2, 0.25) is 0 Å². The monoisotopic (exact) mass is 366 g/mol. The molecule has 1 aromatic rings. The van der Waals surface area contributed by atoms with Gasteiger partial charge < -0.3 is 5.32 Å². The van der Waals surface area contributed by atoms with Crippen molar-refractivity contribution in [2.45, 2.75) is 52.5 Å². The zero-order valence-corrected chi connectivity index (χ0v) is 16.1. The first kappa shape index (κ1) is 19.9. The summed E-state index contributed by atoms with van der Waals surface area (Å²) in [5.74, 6) is -0.0474. The van der Waals surface area contributed by atoms with Crippen molar-refractivity contribution in [2.75, 3.05) is 18.8 Å². The van der Waals surface area contributed by atoms with Gasteiger partial charge in [0.2, 0.25) is 15.9 Å². The second kappa shape index (κ2) is 9.34. The van der Waals surface area contributed by atoms with E-state index < -0.39 is 10.0 Å². The van der Waals surface area contributed by atoms with Crippen LogP contribution in [-0.2, 0) is 27.8 Å². The maximum absolute atomic E-state index is 12.6. The third-order valence-corrected chi connectivity index (χ3v) is 6.61.